The Bertz CT molecular complexity index is 327. The SMILES string of the molecule is NCC1CCCCC1NCc1cc(Br)cs1. The van der Waals surface area contributed by atoms with E-state index < -0.39 is 0 Å². The molecule has 1 fully saturated rings. The second-order valence-corrected chi connectivity index (χ2v) is 6.41. The summed E-state index contributed by atoms with van der Waals surface area (Å²) in [5.41, 5.74) is 5.82. The summed E-state index contributed by atoms with van der Waals surface area (Å²) >= 11 is 5.29. The summed E-state index contributed by atoms with van der Waals surface area (Å²) in [6.45, 7) is 1.81. The van der Waals surface area contributed by atoms with Gasteiger partial charge in [-0.05, 0) is 47.3 Å². The lowest BCUT2D eigenvalue weighted by atomic mass is 9.84. The first kappa shape index (κ1) is 12.6. The Morgan fingerprint density at radius 3 is 2.94 bits per heavy atom. The normalized spacial score (nSPS) is 25.9. The second kappa shape index (κ2) is 6.15. The maximum Gasteiger partial charge on any atom is 0.0302 e. The van der Waals surface area contributed by atoms with Gasteiger partial charge in [-0.25, -0.2) is 0 Å². The molecule has 2 atom stereocenters. The second-order valence-electron chi connectivity index (χ2n) is 4.50. The van der Waals surface area contributed by atoms with Crippen LogP contribution in [0.4, 0.5) is 0 Å². The molecule has 1 heterocycles. The zero-order valence-electron chi connectivity index (χ0n) is 9.42. The van der Waals surface area contributed by atoms with Crippen LogP contribution in [0.3, 0.4) is 0 Å². The van der Waals surface area contributed by atoms with Gasteiger partial charge >= 0.3 is 0 Å². The monoisotopic (exact) mass is 302 g/mol. The number of rotatable bonds is 4. The molecular weight excluding hydrogens is 284 g/mol. The zero-order chi connectivity index (χ0) is 11.4. The Labute approximate surface area is 110 Å². The molecule has 0 aliphatic heterocycles. The molecule has 1 saturated carbocycles. The van der Waals surface area contributed by atoms with Gasteiger partial charge in [0.25, 0.3) is 0 Å². The first-order valence-electron chi connectivity index (χ1n) is 5.96. The molecule has 1 aromatic rings. The van der Waals surface area contributed by atoms with E-state index in [1.807, 2.05) is 0 Å². The smallest absolute Gasteiger partial charge is 0.0302 e. The number of hydrogen-bond acceptors (Lipinski definition) is 3. The standard InChI is InChI=1S/C12H19BrN2S/c13-10-5-11(16-8-10)7-15-12-4-2-1-3-9(12)6-14/h5,8-9,12,15H,1-4,6-7,14H2. The summed E-state index contributed by atoms with van der Waals surface area (Å²) in [5.74, 6) is 0.678. The molecule has 2 nitrogen and oxygen atoms in total. The predicted molar refractivity (Wildman–Crippen MR) is 73.7 cm³/mol. The number of halogens is 1. The molecule has 0 aromatic carbocycles. The van der Waals surface area contributed by atoms with E-state index >= 15 is 0 Å². The lowest BCUT2D eigenvalue weighted by molar-refractivity contribution is 0.267. The van der Waals surface area contributed by atoms with Crippen molar-refractivity contribution in [2.45, 2.75) is 38.3 Å². The highest BCUT2D eigenvalue weighted by Crippen LogP contribution is 2.25. The number of hydrogen-bond donors (Lipinski definition) is 2. The predicted octanol–water partition coefficient (Wildman–Crippen LogP) is 3.12. The van der Waals surface area contributed by atoms with Crippen molar-refractivity contribution in [3.8, 4) is 0 Å². The number of nitrogens with two attached hydrogens (primary N) is 1. The molecule has 0 amide bonds. The van der Waals surface area contributed by atoms with Gasteiger partial charge in [0.2, 0.25) is 0 Å². The van der Waals surface area contributed by atoms with Crippen LogP contribution in [0, 0.1) is 5.92 Å². The topological polar surface area (TPSA) is 38.0 Å². The fraction of sp³-hybridized carbons (Fsp3) is 0.667. The van der Waals surface area contributed by atoms with Crippen molar-refractivity contribution in [3.05, 3.63) is 20.8 Å². The van der Waals surface area contributed by atoms with E-state index in [1.54, 1.807) is 11.3 Å². The van der Waals surface area contributed by atoms with E-state index in [0.717, 1.165) is 13.1 Å². The van der Waals surface area contributed by atoms with Crippen LogP contribution in [0.25, 0.3) is 0 Å². The highest BCUT2D eigenvalue weighted by Gasteiger charge is 2.23. The molecule has 1 aliphatic carbocycles. The van der Waals surface area contributed by atoms with Crippen LogP contribution in [0.1, 0.15) is 30.6 Å². The third-order valence-electron chi connectivity index (χ3n) is 3.37. The van der Waals surface area contributed by atoms with Crippen LogP contribution in [0.15, 0.2) is 15.9 Å². The van der Waals surface area contributed by atoms with Gasteiger partial charge < -0.3 is 11.1 Å². The third-order valence-corrected chi connectivity index (χ3v) is 5.07. The van der Waals surface area contributed by atoms with Gasteiger partial charge in [0.05, 0.1) is 0 Å². The summed E-state index contributed by atoms with van der Waals surface area (Å²) in [4.78, 5) is 1.40. The van der Waals surface area contributed by atoms with Crippen molar-refractivity contribution in [1.29, 1.82) is 0 Å². The van der Waals surface area contributed by atoms with Gasteiger partial charge in [-0.1, -0.05) is 12.8 Å². The maximum atomic E-state index is 5.82. The maximum absolute atomic E-state index is 5.82. The largest absolute Gasteiger partial charge is 0.330 e. The summed E-state index contributed by atoms with van der Waals surface area (Å²) < 4.78 is 1.19. The van der Waals surface area contributed by atoms with E-state index in [2.05, 4.69) is 32.7 Å². The minimum atomic E-state index is 0.625. The van der Waals surface area contributed by atoms with Crippen LogP contribution >= 0.6 is 27.3 Å². The first-order valence-corrected chi connectivity index (χ1v) is 7.63. The van der Waals surface area contributed by atoms with Gasteiger partial charge in [0.1, 0.15) is 0 Å². The van der Waals surface area contributed by atoms with Gasteiger partial charge in [-0.2, -0.15) is 0 Å². The molecule has 0 bridgehead atoms. The first-order chi connectivity index (χ1) is 7.79. The van der Waals surface area contributed by atoms with Crippen LogP contribution in [-0.4, -0.2) is 12.6 Å². The molecular formula is C12H19BrN2S. The molecule has 0 saturated heterocycles. The Hall–Kier alpha value is 0.1000. The molecule has 4 heteroatoms. The minimum absolute atomic E-state index is 0.625. The van der Waals surface area contributed by atoms with Crippen molar-refractivity contribution in [2.75, 3.05) is 6.54 Å². The van der Waals surface area contributed by atoms with E-state index in [-0.39, 0.29) is 0 Å². The highest BCUT2D eigenvalue weighted by molar-refractivity contribution is 9.10. The fourth-order valence-electron chi connectivity index (χ4n) is 2.44. The van der Waals surface area contributed by atoms with Crippen LogP contribution < -0.4 is 11.1 Å². The Kier molecular flexibility index (Phi) is 4.82. The molecule has 1 aromatic heterocycles. The molecule has 16 heavy (non-hydrogen) atoms. The van der Waals surface area contributed by atoms with Gasteiger partial charge in [-0.15, -0.1) is 11.3 Å². The number of thiophene rings is 1. The molecule has 2 unspecified atom stereocenters. The summed E-state index contributed by atoms with van der Waals surface area (Å²) in [6, 6.07) is 2.82. The number of nitrogens with one attached hydrogen (secondary N) is 1. The van der Waals surface area contributed by atoms with Crippen molar-refractivity contribution in [2.24, 2.45) is 11.7 Å². The molecule has 90 valence electrons. The Morgan fingerprint density at radius 2 is 2.25 bits per heavy atom. The molecule has 0 radical (unpaired) electrons. The third kappa shape index (κ3) is 3.29. The summed E-state index contributed by atoms with van der Waals surface area (Å²) in [7, 11) is 0. The Morgan fingerprint density at radius 1 is 1.44 bits per heavy atom. The van der Waals surface area contributed by atoms with Gasteiger partial charge in [0, 0.05) is 27.3 Å². The van der Waals surface area contributed by atoms with Crippen molar-refractivity contribution in [1.82, 2.24) is 5.32 Å². The quantitative estimate of drug-likeness (QED) is 0.897. The Balaban J connectivity index is 1.84. The average molecular weight is 303 g/mol. The van der Waals surface area contributed by atoms with Crippen LogP contribution in [-0.2, 0) is 6.54 Å². The fourth-order valence-corrected chi connectivity index (χ4v) is 3.84. The molecule has 3 N–H and O–H groups in total. The summed E-state index contributed by atoms with van der Waals surface area (Å²) in [5, 5.41) is 5.80. The lowest BCUT2D eigenvalue weighted by Crippen LogP contribution is -2.41. The van der Waals surface area contributed by atoms with E-state index in [9.17, 15) is 0 Å². The molecule has 2 rings (SSSR count). The van der Waals surface area contributed by atoms with Crippen molar-refractivity contribution in [3.63, 3.8) is 0 Å². The molecule has 1 aliphatic rings. The van der Waals surface area contributed by atoms with E-state index in [1.165, 1.54) is 35.0 Å². The van der Waals surface area contributed by atoms with Gasteiger partial charge in [0.15, 0.2) is 0 Å². The van der Waals surface area contributed by atoms with Crippen LogP contribution in [0.2, 0.25) is 0 Å². The van der Waals surface area contributed by atoms with E-state index in [4.69, 9.17) is 5.73 Å². The highest BCUT2D eigenvalue weighted by atomic mass is 79.9. The minimum Gasteiger partial charge on any atom is -0.330 e. The summed E-state index contributed by atoms with van der Waals surface area (Å²) in [6.07, 6.45) is 5.28. The van der Waals surface area contributed by atoms with Gasteiger partial charge in [-0.3, -0.25) is 0 Å². The van der Waals surface area contributed by atoms with Crippen molar-refractivity contribution >= 4 is 27.3 Å². The zero-order valence-corrected chi connectivity index (χ0v) is 11.8. The lowest BCUT2D eigenvalue weighted by Gasteiger charge is -2.31. The molecule has 0 spiro atoms. The van der Waals surface area contributed by atoms with Crippen LogP contribution in [0.5, 0.6) is 0 Å². The van der Waals surface area contributed by atoms with Crippen molar-refractivity contribution < 1.29 is 0 Å². The van der Waals surface area contributed by atoms with E-state index in [0.29, 0.717) is 12.0 Å². The average Bonchev–Trinajstić information content (AvgIpc) is 2.73.